The lowest BCUT2D eigenvalue weighted by molar-refractivity contribution is -0.0183. The van der Waals surface area contributed by atoms with E-state index in [0.29, 0.717) is 66.0 Å². The number of fused-ring (bicyclic) bond motifs is 8. The summed E-state index contributed by atoms with van der Waals surface area (Å²) in [5.41, 5.74) is 3.16. The highest BCUT2D eigenvalue weighted by molar-refractivity contribution is 6.43. The molecule has 0 saturated carbocycles. The van der Waals surface area contributed by atoms with Crippen LogP contribution in [0.1, 0.15) is 73.1 Å². The SMILES string of the molecule is CCC1N(c2ccc3ccccc3c2)C2C=CC=CC2N1C(C1=CC2C1C1CCC=CC1C1CC(CC(C)C)C([SiH2]C)=CN21)C1C=CC[C@@H](C)[C@H]1C. The fourth-order valence-corrected chi connectivity index (χ4v) is 13.7. The normalized spacial score (nSPS) is 38.6. The van der Waals surface area contributed by atoms with Crippen molar-refractivity contribution < 1.29 is 0 Å². The summed E-state index contributed by atoms with van der Waals surface area (Å²) in [6.07, 6.45) is 33.8. The van der Waals surface area contributed by atoms with E-state index in [1.807, 2.05) is 5.20 Å². The highest BCUT2D eigenvalue weighted by Gasteiger charge is 2.59. The average molecular weight is 710 g/mol. The third kappa shape index (κ3) is 5.60. The van der Waals surface area contributed by atoms with Gasteiger partial charge in [0, 0.05) is 39.1 Å². The number of nitrogens with zero attached hydrogens (tertiary/aromatic N) is 3. The number of hydrogen-bond donors (Lipinski definition) is 0. The molecule has 0 amide bonds. The van der Waals surface area contributed by atoms with Gasteiger partial charge in [0.15, 0.2) is 0 Å². The van der Waals surface area contributed by atoms with E-state index < -0.39 is 0 Å². The summed E-state index contributed by atoms with van der Waals surface area (Å²) >= 11 is 0. The number of rotatable bonds is 8. The first kappa shape index (κ1) is 34.7. The molecule has 274 valence electrons. The molecule has 0 bridgehead atoms. The molecule has 0 radical (unpaired) electrons. The fourth-order valence-electron chi connectivity index (χ4n) is 12.4. The van der Waals surface area contributed by atoms with E-state index in [-0.39, 0.29) is 9.52 Å². The summed E-state index contributed by atoms with van der Waals surface area (Å²) in [5, 5.41) is 4.51. The summed E-state index contributed by atoms with van der Waals surface area (Å²) in [6.45, 7) is 15.0. The molecule has 11 unspecified atom stereocenters. The first-order valence-corrected chi connectivity index (χ1v) is 23.4. The van der Waals surface area contributed by atoms with Gasteiger partial charge in [0.05, 0.1) is 24.3 Å². The van der Waals surface area contributed by atoms with Crippen molar-refractivity contribution in [1.29, 1.82) is 0 Å². The van der Waals surface area contributed by atoms with Crippen LogP contribution in [0.5, 0.6) is 0 Å². The van der Waals surface area contributed by atoms with Crippen molar-refractivity contribution in [3.63, 3.8) is 0 Å². The summed E-state index contributed by atoms with van der Waals surface area (Å²) < 4.78 is 0. The lowest BCUT2D eigenvalue weighted by Gasteiger charge is -2.63. The molecule has 2 saturated heterocycles. The van der Waals surface area contributed by atoms with E-state index in [1.165, 1.54) is 48.6 Å². The average Bonchev–Trinajstić information content (AvgIpc) is 3.48. The zero-order valence-electron chi connectivity index (χ0n) is 32.7. The Morgan fingerprint density at radius 1 is 0.904 bits per heavy atom. The largest absolute Gasteiger partial charge is 0.367 e. The quantitative estimate of drug-likeness (QED) is 0.200. The molecule has 3 nitrogen and oxygen atoms in total. The summed E-state index contributed by atoms with van der Waals surface area (Å²) in [6, 6.07) is 18.4. The molecule has 9 rings (SSSR count). The Bertz CT molecular complexity index is 1830. The van der Waals surface area contributed by atoms with Crippen LogP contribution in [0.3, 0.4) is 0 Å². The van der Waals surface area contributed by atoms with Crippen molar-refractivity contribution in [1.82, 2.24) is 9.80 Å². The monoisotopic (exact) mass is 709 g/mol. The van der Waals surface area contributed by atoms with Crippen LogP contribution in [0.4, 0.5) is 5.69 Å². The van der Waals surface area contributed by atoms with Crippen molar-refractivity contribution in [2.45, 2.75) is 116 Å². The maximum Gasteiger partial charge on any atom is 0.0835 e. The predicted octanol–water partition coefficient (Wildman–Crippen LogP) is 10.1. The van der Waals surface area contributed by atoms with E-state index in [0.717, 1.165) is 24.2 Å². The van der Waals surface area contributed by atoms with Gasteiger partial charge in [-0.3, -0.25) is 4.90 Å². The number of hydrogen-bond acceptors (Lipinski definition) is 3. The highest BCUT2D eigenvalue weighted by atomic mass is 28.2. The topological polar surface area (TPSA) is 9.72 Å². The van der Waals surface area contributed by atoms with Crippen molar-refractivity contribution in [3.8, 4) is 0 Å². The molecule has 2 aromatic rings. The van der Waals surface area contributed by atoms with Gasteiger partial charge in [0.1, 0.15) is 0 Å². The minimum absolute atomic E-state index is 0.206. The van der Waals surface area contributed by atoms with Gasteiger partial charge in [-0.2, -0.15) is 0 Å². The molecule has 4 heteroatoms. The second-order valence-corrected chi connectivity index (χ2v) is 19.6. The minimum atomic E-state index is -0.206. The Hall–Kier alpha value is -3.08. The smallest absolute Gasteiger partial charge is 0.0835 e. The molecule has 4 aliphatic carbocycles. The summed E-state index contributed by atoms with van der Waals surface area (Å²) in [5.74, 6) is 5.50. The molecule has 0 N–H and O–H groups in total. The molecule has 3 aliphatic heterocycles. The molecular formula is C48H63N3Si. The van der Waals surface area contributed by atoms with Gasteiger partial charge in [-0.1, -0.05) is 131 Å². The Labute approximate surface area is 317 Å². The molecule has 0 spiro atoms. The van der Waals surface area contributed by atoms with Crippen LogP contribution in [0.25, 0.3) is 10.8 Å². The Morgan fingerprint density at radius 2 is 1.71 bits per heavy atom. The van der Waals surface area contributed by atoms with E-state index in [1.54, 1.807) is 5.57 Å². The van der Waals surface area contributed by atoms with Crippen LogP contribution >= 0.6 is 0 Å². The highest BCUT2D eigenvalue weighted by Crippen LogP contribution is 2.58. The molecule has 13 atom stereocenters. The maximum absolute atomic E-state index is 3.06. The third-order valence-electron chi connectivity index (χ3n) is 15.0. The van der Waals surface area contributed by atoms with E-state index in [4.69, 9.17) is 0 Å². The van der Waals surface area contributed by atoms with Crippen LogP contribution in [-0.2, 0) is 0 Å². The molecular weight excluding hydrogens is 647 g/mol. The van der Waals surface area contributed by atoms with Crippen molar-refractivity contribution >= 4 is 26.0 Å². The van der Waals surface area contributed by atoms with E-state index in [9.17, 15) is 0 Å². The van der Waals surface area contributed by atoms with Crippen LogP contribution < -0.4 is 4.90 Å². The van der Waals surface area contributed by atoms with Crippen LogP contribution in [0.15, 0.2) is 114 Å². The number of allylic oxidation sites excluding steroid dienone is 5. The number of anilines is 1. The van der Waals surface area contributed by atoms with Crippen LogP contribution in [0, 0.1) is 47.3 Å². The molecule has 2 aromatic carbocycles. The minimum Gasteiger partial charge on any atom is -0.367 e. The summed E-state index contributed by atoms with van der Waals surface area (Å²) in [4.78, 5) is 8.81. The van der Waals surface area contributed by atoms with E-state index in [2.05, 4.69) is 159 Å². The van der Waals surface area contributed by atoms with Crippen LogP contribution in [0.2, 0.25) is 6.55 Å². The molecule has 0 aromatic heterocycles. The Balaban J connectivity index is 1.16. The standard InChI is InChI=1S/C48H63N3Si/c1-7-46-50(36-24-23-33-16-8-9-17-34(33)26-36)41-21-12-13-22-42(41)51(46)48(37-20-14-15-31(4)32(37)5)40-28-44-47(40)39-19-11-10-18-38(39)43-27-35(25-30(2)3)45(52-6)29-49(43)44/h8-10,12-14,16-18,20-24,26,28-32,35,37-39,41-44,46-48H,7,11,15,19,25,27,52H2,1-6H3/t31-,32-,35?,37?,38?,39?,41?,42?,43?,44?,46?,47?,48?/m1/s1. The maximum atomic E-state index is 3.06. The zero-order chi connectivity index (χ0) is 35.7. The fraction of sp³-hybridized carbons (Fsp3) is 0.542. The molecule has 2 fully saturated rings. The van der Waals surface area contributed by atoms with Gasteiger partial charge in [-0.25, -0.2) is 0 Å². The van der Waals surface area contributed by atoms with Gasteiger partial charge in [0.25, 0.3) is 0 Å². The van der Waals surface area contributed by atoms with Gasteiger partial charge < -0.3 is 9.80 Å². The number of piperidine rings is 1. The lowest BCUT2D eigenvalue weighted by atomic mass is 9.55. The van der Waals surface area contributed by atoms with Gasteiger partial charge in [-0.15, -0.1) is 0 Å². The molecule has 7 aliphatic rings. The third-order valence-corrected chi connectivity index (χ3v) is 16.6. The predicted molar refractivity (Wildman–Crippen MR) is 224 cm³/mol. The van der Waals surface area contributed by atoms with Crippen LogP contribution in [-0.4, -0.2) is 55.7 Å². The zero-order valence-corrected chi connectivity index (χ0v) is 34.1. The Morgan fingerprint density at radius 3 is 2.50 bits per heavy atom. The lowest BCUT2D eigenvalue weighted by Crippen LogP contribution is -2.65. The molecule has 52 heavy (non-hydrogen) atoms. The Kier molecular flexibility index (Phi) is 9.31. The second-order valence-electron chi connectivity index (χ2n) is 18.1. The van der Waals surface area contributed by atoms with Crippen molar-refractivity contribution in [3.05, 3.63) is 114 Å². The first-order chi connectivity index (χ1) is 25.4. The summed E-state index contributed by atoms with van der Waals surface area (Å²) in [7, 11) is -0.206. The van der Waals surface area contributed by atoms with E-state index >= 15 is 0 Å². The van der Waals surface area contributed by atoms with Gasteiger partial charge in [-0.05, 0) is 109 Å². The van der Waals surface area contributed by atoms with Gasteiger partial charge >= 0.3 is 0 Å². The number of benzene rings is 2. The molecule has 3 heterocycles. The second kappa shape index (κ2) is 14.0. The van der Waals surface area contributed by atoms with Crippen molar-refractivity contribution in [2.75, 3.05) is 4.90 Å². The van der Waals surface area contributed by atoms with Gasteiger partial charge in [0.2, 0.25) is 0 Å². The van der Waals surface area contributed by atoms with Crippen molar-refractivity contribution in [2.24, 2.45) is 47.3 Å². The first-order valence-electron chi connectivity index (χ1n) is 21.3.